The highest BCUT2D eigenvalue weighted by atomic mass is 16.3. The molecule has 2 aliphatic heterocycles. The fourth-order valence-corrected chi connectivity index (χ4v) is 3.73. The van der Waals surface area contributed by atoms with E-state index < -0.39 is 0 Å². The summed E-state index contributed by atoms with van der Waals surface area (Å²) in [5, 5.41) is 9.49. The maximum atomic E-state index is 12.6. The highest BCUT2D eigenvalue weighted by molar-refractivity contribution is 5.82. The molecular formula is C16H26N2O3. The number of carbonyl (C=O) groups excluding carboxylic acids is 2. The Morgan fingerprint density at radius 2 is 1.57 bits per heavy atom. The summed E-state index contributed by atoms with van der Waals surface area (Å²) in [6, 6.07) is -0.0105. The van der Waals surface area contributed by atoms with Gasteiger partial charge in [0.2, 0.25) is 11.8 Å². The first-order chi connectivity index (χ1) is 10.1. The van der Waals surface area contributed by atoms with Gasteiger partial charge in [0, 0.05) is 31.5 Å². The van der Waals surface area contributed by atoms with Gasteiger partial charge in [-0.05, 0) is 38.0 Å². The summed E-state index contributed by atoms with van der Waals surface area (Å²) in [7, 11) is 0. The predicted octanol–water partition coefficient (Wildman–Crippen LogP) is 0.864. The summed E-state index contributed by atoms with van der Waals surface area (Å²) in [6.45, 7) is 4.38. The smallest absolute Gasteiger partial charge is 0.226 e. The minimum Gasteiger partial charge on any atom is -0.394 e. The van der Waals surface area contributed by atoms with Gasteiger partial charge in [0.25, 0.3) is 0 Å². The van der Waals surface area contributed by atoms with Crippen molar-refractivity contribution in [3.05, 3.63) is 0 Å². The molecule has 2 amide bonds. The van der Waals surface area contributed by atoms with Crippen LogP contribution in [0.5, 0.6) is 0 Å². The Kier molecular flexibility index (Phi) is 4.20. The number of hydrogen-bond acceptors (Lipinski definition) is 3. The molecule has 5 heteroatoms. The van der Waals surface area contributed by atoms with E-state index in [9.17, 15) is 14.7 Å². The number of hydrogen-bond donors (Lipinski definition) is 1. The Morgan fingerprint density at radius 1 is 0.952 bits per heavy atom. The Hall–Kier alpha value is -1.10. The molecule has 2 heterocycles. The molecule has 3 rings (SSSR count). The third kappa shape index (κ3) is 2.93. The molecule has 5 nitrogen and oxygen atoms in total. The molecule has 1 N–H and O–H groups in total. The molecule has 2 unspecified atom stereocenters. The van der Waals surface area contributed by atoms with E-state index in [2.05, 4.69) is 6.92 Å². The van der Waals surface area contributed by atoms with Gasteiger partial charge in [0.1, 0.15) is 0 Å². The van der Waals surface area contributed by atoms with Crippen molar-refractivity contribution in [1.29, 1.82) is 0 Å². The van der Waals surface area contributed by atoms with Gasteiger partial charge in [-0.3, -0.25) is 9.59 Å². The maximum Gasteiger partial charge on any atom is 0.226 e. The van der Waals surface area contributed by atoms with Crippen LogP contribution in [0.3, 0.4) is 0 Å². The van der Waals surface area contributed by atoms with Gasteiger partial charge in [-0.1, -0.05) is 6.92 Å². The van der Waals surface area contributed by atoms with Crippen molar-refractivity contribution in [3.63, 3.8) is 0 Å². The fraction of sp³-hybridized carbons (Fsp3) is 0.875. The van der Waals surface area contributed by atoms with Crippen molar-refractivity contribution in [1.82, 2.24) is 9.80 Å². The lowest BCUT2D eigenvalue weighted by molar-refractivity contribution is -0.142. The first-order valence-electron chi connectivity index (χ1n) is 8.32. The SMILES string of the molecule is CC1CCN(C(=O)C2CCN(C(=O)C3CC3)CC2)C1CO. The van der Waals surface area contributed by atoms with Crippen LogP contribution in [0.15, 0.2) is 0 Å². The average molecular weight is 294 g/mol. The molecule has 0 bridgehead atoms. The molecule has 3 fully saturated rings. The van der Waals surface area contributed by atoms with Crippen LogP contribution in [-0.2, 0) is 9.59 Å². The quantitative estimate of drug-likeness (QED) is 0.840. The minimum absolute atomic E-state index is 0.0105. The van der Waals surface area contributed by atoms with E-state index >= 15 is 0 Å². The van der Waals surface area contributed by atoms with Crippen molar-refractivity contribution in [2.45, 2.75) is 45.1 Å². The number of amides is 2. The lowest BCUT2D eigenvalue weighted by Gasteiger charge is -2.35. The highest BCUT2D eigenvalue weighted by Crippen LogP contribution is 2.33. The monoisotopic (exact) mass is 294 g/mol. The Balaban J connectivity index is 1.54. The number of piperidine rings is 1. The summed E-state index contributed by atoms with van der Waals surface area (Å²) < 4.78 is 0. The third-order valence-corrected chi connectivity index (χ3v) is 5.44. The van der Waals surface area contributed by atoms with E-state index in [4.69, 9.17) is 0 Å². The van der Waals surface area contributed by atoms with Crippen LogP contribution < -0.4 is 0 Å². The minimum atomic E-state index is -0.0105. The molecule has 0 aromatic rings. The van der Waals surface area contributed by atoms with Crippen molar-refractivity contribution >= 4 is 11.8 Å². The summed E-state index contributed by atoms with van der Waals surface area (Å²) in [4.78, 5) is 28.5. The van der Waals surface area contributed by atoms with Crippen molar-refractivity contribution in [2.24, 2.45) is 17.8 Å². The van der Waals surface area contributed by atoms with Crippen LogP contribution >= 0.6 is 0 Å². The second-order valence-corrected chi connectivity index (χ2v) is 6.92. The molecule has 1 aliphatic carbocycles. The molecule has 0 spiro atoms. The molecule has 21 heavy (non-hydrogen) atoms. The van der Waals surface area contributed by atoms with Crippen LogP contribution in [0.2, 0.25) is 0 Å². The molecular weight excluding hydrogens is 268 g/mol. The van der Waals surface area contributed by atoms with Crippen LogP contribution in [0.1, 0.15) is 39.0 Å². The van der Waals surface area contributed by atoms with Crippen molar-refractivity contribution in [3.8, 4) is 0 Å². The number of likely N-dealkylation sites (tertiary alicyclic amines) is 2. The second kappa shape index (κ2) is 5.95. The number of carbonyl (C=O) groups is 2. The van der Waals surface area contributed by atoms with E-state index in [1.165, 1.54) is 0 Å². The number of rotatable bonds is 3. The van der Waals surface area contributed by atoms with Gasteiger partial charge in [-0.25, -0.2) is 0 Å². The lowest BCUT2D eigenvalue weighted by atomic mass is 9.94. The number of aliphatic hydroxyl groups is 1. The van der Waals surface area contributed by atoms with Gasteiger partial charge < -0.3 is 14.9 Å². The van der Waals surface area contributed by atoms with Gasteiger partial charge >= 0.3 is 0 Å². The molecule has 118 valence electrons. The van der Waals surface area contributed by atoms with E-state index in [0.717, 1.165) is 51.7 Å². The van der Waals surface area contributed by atoms with Crippen LogP contribution in [0, 0.1) is 17.8 Å². The van der Waals surface area contributed by atoms with E-state index in [0.29, 0.717) is 11.8 Å². The zero-order valence-electron chi connectivity index (χ0n) is 12.8. The average Bonchev–Trinajstić information content (AvgIpc) is 3.29. The summed E-state index contributed by atoms with van der Waals surface area (Å²) in [6.07, 6.45) is 4.62. The lowest BCUT2D eigenvalue weighted by Crippen LogP contribution is -2.47. The van der Waals surface area contributed by atoms with E-state index in [1.807, 2.05) is 9.80 Å². The molecule has 0 aromatic heterocycles. The maximum absolute atomic E-state index is 12.6. The molecule has 3 aliphatic rings. The standard InChI is InChI=1S/C16H26N2O3/c1-11-4-9-18(14(11)10-19)16(21)13-5-7-17(8-6-13)15(20)12-2-3-12/h11-14,19H,2-10H2,1H3. The molecule has 0 radical (unpaired) electrons. The predicted molar refractivity (Wildman–Crippen MR) is 78.4 cm³/mol. The third-order valence-electron chi connectivity index (χ3n) is 5.44. The van der Waals surface area contributed by atoms with Crippen molar-refractivity contribution in [2.75, 3.05) is 26.2 Å². The van der Waals surface area contributed by atoms with Gasteiger partial charge in [0.15, 0.2) is 0 Å². The fourth-order valence-electron chi connectivity index (χ4n) is 3.73. The van der Waals surface area contributed by atoms with Gasteiger partial charge in [0.05, 0.1) is 12.6 Å². The normalized spacial score (nSPS) is 30.8. The zero-order chi connectivity index (χ0) is 15.0. The first kappa shape index (κ1) is 14.8. The Labute approximate surface area is 126 Å². The molecule has 0 aromatic carbocycles. The summed E-state index contributed by atoms with van der Waals surface area (Å²) in [5.74, 6) is 1.18. The summed E-state index contributed by atoms with van der Waals surface area (Å²) in [5.41, 5.74) is 0. The number of nitrogens with zero attached hydrogens (tertiary/aromatic N) is 2. The Bertz CT molecular complexity index is 414. The van der Waals surface area contributed by atoms with E-state index in [-0.39, 0.29) is 30.4 Å². The molecule has 2 atom stereocenters. The molecule has 2 saturated heterocycles. The summed E-state index contributed by atoms with van der Waals surface area (Å²) >= 11 is 0. The van der Waals surface area contributed by atoms with Crippen LogP contribution in [0.4, 0.5) is 0 Å². The zero-order valence-corrected chi connectivity index (χ0v) is 12.8. The van der Waals surface area contributed by atoms with Crippen LogP contribution in [-0.4, -0.2) is 59.0 Å². The molecule has 1 saturated carbocycles. The number of aliphatic hydroxyl groups excluding tert-OH is 1. The van der Waals surface area contributed by atoms with Gasteiger partial charge in [-0.15, -0.1) is 0 Å². The topological polar surface area (TPSA) is 60.9 Å². The van der Waals surface area contributed by atoms with E-state index in [1.54, 1.807) is 0 Å². The first-order valence-corrected chi connectivity index (χ1v) is 8.32. The second-order valence-electron chi connectivity index (χ2n) is 6.92. The Morgan fingerprint density at radius 3 is 2.14 bits per heavy atom. The van der Waals surface area contributed by atoms with Crippen molar-refractivity contribution < 1.29 is 14.7 Å². The van der Waals surface area contributed by atoms with Gasteiger partial charge in [-0.2, -0.15) is 0 Å². The largest absolute Gasteiger partial charge is 0.394 e. The van der Waals surface area contributed by atoms with Crippen LogP contribution in [0.25, 0.3) is 0 Å². The highest BCUT2D eigenvalue weighted by Gasteiger charge is 2.40.